The zero-order valence-corrected chi connectivity index (χ0v) is 11.5. The molecule has 0 aliphatic carbocycles. The molecule has 2 unspecified atom stereocenters. The van der Waals surface area contributed by atoms with Gasteiger partial charge >= 0.3 is 0 Å². The van der Waals surface area contributed by atoms with Gasteiger partial charge in [-0.3, -0.25) is 0 Å². The highest BCUT2D eigenvalue weighted by molar-refractivity contribution is 4.93. The van der Waals surface area contributed by atoms with Crippen LogP contribution in [0.3, 0.4) is 0 Å². The van der Waals surface area contributed by atoms with Gasteiger partial charge in [0.1, 0.15) is 0 Å². The van der Waals surface area contributed by atoms with E-state index in [1.54, 1.807) is 0 Å². The molecular weight excluding hydrogens is 200 g/mol. The second-order valence-electron chi connectivity index (χ2n) is 7.58. The average Bonchev–Trinajstić information content (AvgIpc) is 2.53. The molecule has 0 radical (unpaired) electrons. The molecule has 2 heteroatoms. The van der Waals surface area contributed by atoms with Crippen molar-refractivity contribution in [2.45, 2.75) is 72.9 Å². The Kier molecular flexibility index (Phi) is 2.87. The maximum Gasteiger partial charge on any atom is 0.161 e. The molecule has 2 aliphatic heterocycles. The van der Waals surface area contributed by atoms with E-state index in [1.165, 1.54) is 12.8 Å². The van der Waals surface area contributed by atoms with E-state index in [0.29, 0.717) is 18.1 Å². The first kappa shape index (κ1) is 12.4. The van der Waals surface area contributed by atoms with Crippen LogP contribution < -0.4 is 0 Å². The molecule has 0 N–H and O–H groups in total. The van der Waals surface area contributed by atoms with Gasteiger partial charge in [0, 0.05) is 5.92 Å². The molecule has 0 aromatic rings. The highest BCUT2D eigenvalue weighted by atomic mass is 16.7. The van der Waals surface area contributed by atoms with E-state index >= 15 is 0 Å². The fourth-order valence-electron chi connectivity index (χ4n) is 2.67. The summed E-state index contributed by atoms with van der Waals surface area (Å²) in [7, 11) is 0. The van der Waals surface area contributed by atoms with Gasteiger partial charge in [0.15, 0.2) is 6.29 Å². The predicted octanol–water partition coefficient (Wildman–Crippen LogP) is 3.60. The molecule has 2 nitrogen and oxygen atoms in total. The second kappa shape index (κ2) is 3.71. The summed E-state index contributed by atoms with van der Waals surface area (Å²) < 4.78 is 12.1. The van der Waals surface area contributed by atoms with Crippen molar-refractivity contribution in [3.63, 3.8) is 0 Å². The molecule has 0 aromatic heterocycles. The van der Waals surface area contributed by atoms with E-state index in [4.69, 9.17) is 9.47 Å². The van der Waals surface area contributed by atoms with Crippen molar-refractivity contribution in [1.82, 2.24) is 0 Å². The van der Waals surface area contributed by atoms with E-state index < -0.39 is 0 Å². The van der Waals surface area contributed by atoms with Crippen molar-refractivity contribution in [3.05, 3.63) is 0 Å². The van der Waals surface area contributed by atoms with Crippen molar-refractivity contribution in [2.75, 3.05) is 0 Å². The van der Waals surface area contributed by atoms with Gasteiger partial charge in [0.25, 0.3) is 0 Å². The van der Waals surface area contributed by atoms with Crippen LogP contribution in [0.5, 0.6) is 0 Å². The molecule has 2 saturated heterocycles. The third-order valence-corrected chi connectivity index (χ3v) is 3.95. The minimum atomic E-state index is 0.0634. The van der Waals surface area contributed by atoms with Gasteiger partial charge in [0.05, 0.1) is 12.2 Å². The molecule has 94 valence electrons. The number of rotatable bonds is 0. The van der Waals surface area contributed by atoms with E-state index in [2.05, 4.69) is 41.5 Å². The normalized spacial score (nSPS) is 40.1. The van der Waals surface area contributed by atoms with Gasteiger partial charge in [0.2, 0.25) is 0 Å². The average molecular weight is 226 g/mol. The molecule has 2 heterocycles. The third kappa shape index (κ3) is 2.28. The van der Waals surface area contributed by atoms with E-state index in [9.17, 15) is 0 Å². The van der Waals surface area contributed by atoms with Gasteiger partial charge in [-0.15, -0.1) is 0 Å². The lowest BCUT2D eigenvalue weighted by molar-refractivity contribution is -0.172. The SMILES string of the molecule is CC(C)(C)[C@@H]1CC2C[C@H](C(C)(C)C)OC2O1. The Bertz CT molecular complexity index is 219. The summed E-state index contributed by atoms with van der Waals surface area (Å²) in [6.07, 6.45) is 3.13. The zero-order chi connectivity index (χ0) is 12.1. The highest BCUT2D eigenvalue weighted by Crippen LogP contribution is 2.46. The van der Waals surface area contributed by atoms with Gasteiger partial charge in [-0.25, -0.2) is 0 Å². The maximum absolute atomic E-state index is 6.05. The molecule has 0 saturated carbocycles. The van der Waals surface area contributed by atoms with Crippen LogP contribution in [0, 0.1) is 16.7 Å². The van der Waals surface area contributed by atoms with Crippen molar-refractivity contribution in [1.29, 1.82) is 0 Å². The number of hydrogen-bond donors (Lipinski definition) is 0. The van der Waals surface area contributed by atoms with Crippen LogP contribution in [-0.2, 0) is 9.47 Å². The summed E-state index contributed by atoms with van der Waals surface area (Å²) in [6.45, 7) is 13.5. The molecular formula is C14H26O2. The van der Waals surface area contributed by atoms with E-state index in [1.807, 2.05) is 0 Å². The van der Waals surface area contributed by atoms with Crippen molar-refractivity contribution in [2.24, 2.45) is 16.7 Å². The number of hydrogen-bond acceptors (Lipinski definition) is 2. The first-order valence-electron chi connectivity index (χ1n) is 6.49. The van der Waals surface area contributed by atoms with Crippen LogP contribution >= 0.6 is 0 Å². The molecule has 2 rings (SSSR count). The Labute approximate surface area is 99.7 Å². The van der Waals surface area contributed by atoms with Gasteiger partial charge < -0.3 is 9.47 Å². The summed E-state index contributed by atoms with van der Waals surface area (Å²) in [5.41, 5.74) is 0.482. The Morgan fingerprint density at radius 3 is 1.38 bits per heavy atom. The molecule has 2 aliphatic rings. The highest BCUT2D eigenvalue weighted by Gasteiger charge is 2.49. The first-order chi connectivity index (χ1) is 7.18. The van der Waals surface area contributed by atoms with Crippen LogP contribution in [-0.4, -0.2) is 18.5 Å². The summed E-state index contributed by atoms with van der Waals surface area (Å²) in [5, 5.41) is 0. The summed E-state index contributed by atoms with van der Waals surface area (Å²) >= 11 is 0. The minimum Gasteiger partial charge on any atom is -0.349 e. The lowest BCUT2D eigenvalue weighted by atomic mass is 9.81. The van der Waals surface area contributed by atoms with Crippen LogP contribution in [0.15, 0.2) is 0 Å². The summed E-state index contributed by atoms with van der Waals surface area (Å²) in [6, 6.07) is 0. The molecule has 0 bridgehead atoms. The van der Waals surface area contributed by atoms with Crippen molar-refractivity contribution in [3.8, 4) is 0 Å². The van der Waals surface area contributed by atoms with Gasteiger partial charge in [-0.05, 0) is 23.7 Å². The first-order valence-corrected chi connectivity index (χ1v) is 6.49. The Balaban J connectivity index is 1.96. The van der Waals surface area contributed by atoms with Crippen LogP contribution in [0.4, 0.5) is 0 Å². The smallest absolute Gasteiger partial charge is 0.161 e. The number of ether oxygens (including phenoxy) is 2. The van der Waals surface area contributed by atoms with Gasteiger partial charge in [-0.2, -0.15) is 0 Å². The number of fused-ring (bicyclic) bond motifs is 1. The standard InChI is InChI=1S/C14H26O2/c1-13(2,3)10-7-9-8-11(14(4,5)6)16-12(9)15-10/h9-12H,7-8H2,1-6H3/t9?,10-,11+,12?. The monoisotopic (exact) mass is 226 g/mol. The largest absolute Gasteiger partial charge is 0.349 e. The summed E-state index contributed by atoms with van der Waals surface area (Å²) in [4.78, 5) is 0. The lowest BCUT2D eigenvalue weighted by Crippen LogP contribution is -2.31. The van der Waals surface area contributed by atoms with Crippen LogP contribution in [0.2, 0.25) is 0 Å². The molecule has 2 fully saturated rings. The molecule has 0 spiro atoms. The zero-order valence-electron chi connectivity index (χ0n) is 11.5. The van der Waals surface area contributed by atoms with Crippen LogP contribution in [0.1, 0.15) is 54.4 Å². The van der Waals surface area contributed by atoms with Crippen LogP contribution in [0.25, 0.3) is 0 Å². The van der Waals surface area contributed by atoms with Crippen molar-refractivity contribution < 1.29 is 9.47 Å². The molecule has 0 amide bonds. The van der Waals surface area contributed by atoms with Gasteiger partial charge in [-0.1, -0.05) is 41.5 Å². The minimum absolute atomic E-state index is 0.0634. The van der Waals surface area contributed by atoms with E-state index in [-0.39, 0.29) is 17.1 Å². The lowest BCUT2D eigenvalue weighted by Gasteiger charge is -2.30. The topological polar surface area (TPSA) is 18.5 Å². The fourth-order valence-corrected chi connectivity index (χ4v) is 2.67. The Morgan fingerprint density at radius 1 is 0.750 bits per heavy atom. The Morgan fingerprint density at radius 2 is 1.12 bits per heavy atom. The second-order valence-corrected chi connectivity index (χ2v) is 7.58. The maximum atomic E-state index is 6.05. The Hall–Kier alpha value is -0.0800. The van der Waals surface area contributed by atoms with Crippen molar-refractivity contribution >= 4 is 0 Å². The van der Waals surface area contributed by atoms with E-state index in [0.717, 1.165) is 0 Å². The summed E-state index contributed by atoms with van der Waals surface area (Å²) in [5.74, 6) is 0.619. The fraction of sp³-hybridized carbons (Fsp3) is 1.00. The molecule has 4 atom stereocenters. The molecule has 16 heavy (non-hydrogen) atoms. The predicted molar refractivity (Wildman–Crippen MR) is 65.2 cm³/mol. The third-order valence-electron chi connectivity index (χ3n) is 3.95. The molecule has 0 aromatic carbocycles. The quantitative estimate of drug-likeness (QED) is 0.628.